The highest BCUT2D eigenvalue weighted by molar-refractivity contribution is 7.16. The molecular formula is C16H23N3OS. The molecule has 0 spiro atoms. The van der Waals surface area contributed by atoms with E-state index in [-0.39, 0.29) is 0 Å². The lowest BCUT2D eigenvalue weighted by atomic mass is 10.1. The Morgan fingerprint density at radius 1 is 1.19 bits per heavy atom. The van der Waals surface area contributed by atoms with Crippen molar-refractivity contribution in [2.75, 3.05) is 45.8 Å². The van der Waals surface area contributed by atoms with E-state index >= 15 is 0 Å². The Morgan fingerprint density at radius 3 is 2.62 bits per heavy atom. The van der Waals surface area contributed by atoms with Gasteiger partial charge >= 0.3 is 0 Å². The zero-order valence-electron chi connectivity index (χ0n) is 12.9. The molecule has 21 heavy (non-hydrogen) atoms. The van der Waals surface area contributed by atoms with Crippen molar-refractivity contribution in [3.05, 3.63) is 35.2 Å². The van der Waals surface area contributed by atoms with Gasteiger partial charge in [0.2, 0.25) is 0 Å². The molecule has 1 aromatic carbocycles. The van der Waals surface area contributed by atoms with Crippen LogP contribution in [0.2, 0.25) is 0 Å². The second kappa shape index (κ2) is 8.12. The molecule has 1 heterocycles. The van der Waals surface area contributed by atoms with E-state index in [9.17, 15) is 0 Å². The van der Waals surface area contributed by atoms with E-state index in [4.69, 9.17) is 9.72 Å². The van der Waals surface area contributed by atoms with Crippen molar-refractivity contribution in [2.45, 2.75) is 6.42 Å². The molecule has 1 N–H and O–H groups in total. The Balaban J connectivity index is 2.11. The zero-order chi connectivity index (χ0) is 15.1. The van der Waals surface area contributed by atoms with Gasteiger partial charge in [-0.05, 0) is 6.42 Å². The lowest BCUT2D eigenvalue weighted by Gasteiger charge is -2.05. The SMILES string of the molecule is COCCNCCc1sc(N(C)C)nc1-c1ccccc1. The van der Waals surface area contributed by atoms with Crippen molar-refractivity contribution >= 4 is 16.5 Å². The third-order valence-electron chi connectivity index (χ3n) is 3.13. The second-order valence-corrected chi connectivity index (χ2v) is 6.08. The van der Waals surface area contributed by atoms with Gasteiger partial charge in [-0.3, -0.25) is 0 Å². The summed E-state index contributed by atoms with van der Waals surface area (Å²) in [6.45, 7) is 2.58. The molecule has 0 bridgehead atoms. The first-order chi connectivity index (χ1) is 10.2. The fraction of sp³-hybridized carbons (Fsp3) is 0.438. The molecule has 0 atom stereocenters. The van der Waals surface area contributed by atoms with Gasteiger partial charge in [-0.1, -0.05) is 30.3 Å². The monoisotopic (exact) mass is 305 g/mol. The minimum Gasteiger partial charge on any atom is -0.383 e. The average Bonchev–Trinajstić information content (AvgIpc) is 2.92. The van der Waals surface area contributed by atoms with Crippen molar-refractivity contribution in [1.29, 1.82) is 0 Å². The summed E-state index contributed by atoms with van der Waals surface area (Å²) in [6.07, 6.45) is 0.986. The summed E-state index contributed by atoms with van der Waals surface area (Å²) in [5.41, 5.74) is 2.30. The Hall–Kier alpha value is -1.43. The molecular weight excluding hydrogens is 282 g/mol. The molecule has 114 valence electrons. The van der Waals surface area contributed by atoms with E-state index in [2.05, 4.69) is 34.5 Å². The predicted molar refractivity (Wildman–Crippen MR) is 90.3 cm³/mol. The standard InChI is InChI=1S/C16H23N3OS/c1-19(2)16-18-15(13-7-5-4-6-8-13)14(21-16)9-10-17-11-12-20-3/h4-8,17H,9-12H2,1-3H3. The highest BCUT2D eigenvalue weighted by Crippen LogP contribution is 2.32. The summed E-state index contributed by atoms with van der Waals surface area (Å²) in [5, 5.41) is 4.45. The van der Waals surface area contributed by atoms with Crippen molar-refractivity contribution < 1.29 is 4.74 Å². The minimum atomic E-state index is 0.747. The van der Waals surface area contributed by atoms with Gasteiger partial charge in [-0.15, -0.1) is 11.3 Å². The smallest absolute Gasteiger partial charge is 0.185 e. The molecule has 2 aromatic rings. The molecule has 2 rings (SSSR count). The maximum atomic E-state index is 5.04. The van der Waals surface area contributed by atoms with Crippen LogP contribution in [0, 0.1) is 0 Å². The summed E-state index contributed by atoms with van der Waals surface area (Å²) >= 11 is 1.77. The Bertz CT molecular complexity index is 540. The predicted octanol–water partition coefficient (Wildman–Crippen LogP) is 2.65. The molecule has 0 saturated carbocycles. The first-order valence-corrected chi connectivity index (χ1v) is 7.96. The third-order valence-corrected chi connectivity index (χ3v) is 4.41. The number of nitrogens with one attached hydrogen (secondary N) is 1. The number of anilines is 1. The van der Waals surface area contributed by atoms with Gasteiger partial charge < -0.3 is 15.0 Å². The van der Waals surface area contributed by atoms with E-state index in [1.807, 2.05) is 20.2 Å². The number of aromatic nitrogens is 1. The Kier molecular flexibility index (Phi) is 6.17. The highest BCUT2D eigenvalue weighted by Gasteiger charge is 2.13. The minimum absolute atomic E-state index is 0.747. The van der Waals surface area contributed by atoms with E-state index < -0.39 is 0 Å². The van der Waals surface area contributed by atoms with Gasteiger partial charge in [0, 0.05) is 44.7 Å². The molecule has 0 fully saturated rings. The van der Waals surface area contributed by atoms with Crippen molar-refractivity contribution in [1.82, 2.24) is 10.3 Å². The van der Waals surface area contributed by atoms with E-state index in [0.29, 0.717) is 0 Å². The third kappa shape index (κ3) is 4.52. The molecule has 0 unspecified atom stereocenters. The van der Waals surface area contributed by atoms with E-state index in [1.54, 1.807) is 18.4 Å². The second-order valence-electron chi connectivity index (χ2n) is 5.02. The molecule has 0 aliphatic rings. The van der Waals surface area contributed by atoms with Crippen molar-refractivity contribution in [3.8, 4) is 11.3 Å². The van der Waals surface area contributed by atoms with Crippen LogP contribution in [-0.4, -0.2) is 45.9 Å². The quantitative estimate of drug-likeness (QED) is 0.761. The number of methoxy groups -OCH3 is 1. The van der Waals surface area contributed by atoms with Gasteiger partial charge in [-0.2, -0.15) is 0 Å². The Morgan fingerprint density at radius 2 is 1.95 bits per heavy atom. The molecule has 4 nitrogen and oxygen atoms in total. The lowest BCUT2D eigenvalue weighted by molar-refractivity contribution is 0.199. The van der Waals surface area contributed by atoms with Crippen molar-refractivity contribution in [2.24, 2.45) is 0 Å². The summed E-state index contributed by atoms with van der Waals surface area (Å²) in [5.74, 6) is 0. The van der Waals surface area contributed by atoms with Crippen LogP contribution in [-0.2, 0) is 11.2 Å². The number of thiazole rings is 1. The van der Waals surface area contributed by atoms with Crippen LogP contribution in [0.5, 0.6) is 0 Å². The number of nitrogens with zero attached hydrogens (tertiary/aromatic N) is 2. The van der Waals surface area contributed by atoms with Gasteiger partial charge in [0.05, 0.1) is 12.3 Å². The fourth-order valence-electron chi connectivity index (χ4n) is 2.02. The summed E-state index contributed by atoms with van der Waals surface area (Å²) in [7, 11) is 5.80. The molecule has 0 amide bonds. The largest absolute Gasteiger partial charge is 0.383 e. The maximum Gasteiger partial charge on any atom is 0.185 e. The summed E-state index contributed by atoms with van der Waals surface area (Å²) in [6, 6.07) is 10.4. The van der Waals surface area contributed by atoms with Crippen molar-refractivity contribution in [3.63, 3.8) is 0 Å². The molecule has 0 radical (unpaired) electrons. The maximum absolute atomic E-state index is 5.04. The van der Waals surface area contributed by atoms with Crippen LogP contribution < -0.4 is 10.2 Å². The molecule has 1 aromatic heterocycles. The summed E-state index contributed by atoms with van der Waals surface area (Å²) < 4.78 is 5.04. The average molecular weight is 305 g/mol. The van der Waals surface area contributed by atoms with Crippen LogP contribution >= 0.6 is 11.3 Å². The Labute approximate surface area is 130 Å². The van der Waals surface area contributed by atoms with Crippen LogP contribution in [0.1, 0.15) is 4.88 Å². The van der Waals surface area contributed by atoms with Crippen LogP contribution in [0.3, 0.4) is 0 Å². The number of rotatable bonds is 8. The van der Waals surface area contributed by atoms with Gasteiger partial charge in [0.1, 0.15) is 0 Å². The van der Waals surface area contributed by atoms with E-state index in [1.165, 1.54) is 10.4 Å². The first kappa shape index (κ1) is 15.9. The molecule has 0 aliphatic carbocycles. The molecule has 0 saturated heterocycles. The van der Waals surface area contributed by atoms with Gasteiger partial charge in [0.15, 0.2) is 5.13 Å². The topological polar surface area (TPSA) is 37.4 Å². The zero-order valence-corrected chi connectivity index (χ0v) is 13.7. The van der Waals surface area contributed by atoms with E-state index in [0.717, 1.165) is 36.9 Å². The number of benzene rings is 1. The number of hydrogen-bond donors (Lipinski definition) is 1. The normalized spacial score (nSPS) is 10.8. The van der Waals surface area contributed by atoms with Crippen LogP contribution in [0.25, 0.3) is 11.3 Å². The molecule has 5 heteroatoms. The lowest BCUT2D eigenvalue weighted by Crippen LogP contribution is -2.21. The van der Waals surface area contributed by atoms with Crippen LogP contribution in [0.15, 0.2) is 30.3 Å². The highest BCUT2D eigenvalue weighted by atomic mass is 32.1. The van der Waals surface area contributed by atoms with Gasteiger partial charge in [-0.25, -0.2) is 4.98 Å². The van der Waals surface area contributed by atoms with Crippen LogP contribution in [0.4, 0.5) is 5.13 Å². The molecule has 0 aliphatic heterocycles. The number of hydrogen-bond acceptors (Lipinski definition) is 5. The number of ether oxygens (including phenoxy) is 1. The first-order valence-electron chi connectivity index (χ1n) is 7.14. The fourth-order valence-corrected chi connectivity index (χ4v) is 3.03. The van der Waals surface area contributed by atoms with Gasteiger partial charge in [0.25, 0.3) is 0 Å². The summed E-state index contributed by atoms with van der Waals surface area (Å²) in [4.78, 5) is 8.18.